The Balaban J connectivity index is 2.43. The van der Waals surface area contributed by atoms with Crippen molar-refractivity contribution in [2.24, 2.45) is 0 Å². The molecule has 0 bridgehead atoms. The SMILES string of the molecule is CCCOc1ccccc1OCCCNC. The summed E-state index contributed by atoms with van der Waals surface area (Å²) in [7, 11) is 1.94. The fourth-order valence-corrected chi connectivity index (χ4v) is 1.33. The molecule has 1 rings (SSSR count). The Morgan fingerprint density at radius 1 is 1.06 bits per heavy atom. The summed E-state index contributed by atoms with van der Waals surface area (Å²) >= 11 is 0. The van der Waals surface area contributed by atoms with Gasteiger partial charge in [0, 0.05) is 0 Å². The molecule has 1 aromatic rings. The van der Waals surface area contributed by atoms with Crippen LogP contribution in [-0.2, 0) is 0 Å². The van der Waals surface area contributed by atoms with E-state index in [0.29, 0.717) is 6.61 Å². The molecule has 3 nitrogen and oxygen atoms in total. The zero-order valence-electron chi connectivity index (χ0n) is 10.2. The summed E-state index contributed by atoms with van der Waals surface area (Å²) < 4.78 is 11.3. The van der Waals surface area contributed by atoms with E-state index in [-0.39, 0.29) is 0 Å². The molecule has 0 aliphatic rings. The summed E-state index contributed by atoms with van der Waals surface area (Å²) in [5.41, 5.74) is 0. The zero-order chi connectivity index (χ0) is 11.6. The molecule has 0 aliphatic heterocycles. The second-order valence-corrected chi connectivity index (χ2v) is 3.60. The predicted octanol–water partition coefficient (Wildman–Crippen LogP) is 2.46. The van der Waals surface area contributed by atoms with Gasteiger partial charge in [0.05, 0.1) is 13.2 Å². The Morgan fingerprint density at radius 3 is 2.25 bits per heavy atom. The highest BCUT2D eigenvalue weighted by Gasteiger charge is 2.02. The molecule has 0 saturated carbocycles. The molecule has 0 heterocycles. The average molecular weight is 223 g/mol. The van der Waals surface area contributed by atoms with Crippen LogP contribution < -0.4 is 14.8 Å². The maximum absolute atomic E-state index is 5.67. The minimum Gasteiger partial charge on any atom is -0.490 e. The number of rotatable bonds is 8. The molecule has 0 aliphatic carbocycles. The number of hydrogen-bond acceptors (Lipinski definition) is 3. The zero-order valence-corrected chi connectivity index (χ0v) is 10.2. The normalized spacial score (nSPS) is 10.1. The molecule has 0 amide bonds. The van der Waals surface area contributed by atoms with Gasteiger partial charge in [-0.1, -0.05) is 19.1 Å². The fourth-order valence-electron chi connectivity index (χ4n) is 1.33. The Bertz CT molecular complexity index is 289. The van der Waals surface area contributed by atoms with Crippen molar-refractivity contribution in [2.75, 3.05) is 26.8 Å². The van der Waals surface area contributed by atoms with Crippen molar-refractivity contribution in [3.63, 3.8) is 0 Å². The van der Waals surface area contributed by atoms with Gasteiger partial charge in [-0.2, -0.15) is 0 Å². The third-order valence-corrected chi connectivity index (χ3v) is 2.14. The van der Waals surface area contributed by atoms with E-state index in [2.05, 4.69) is 12.2 Å². The van der Waals surface area contributed by atoms with Gasteiger partial charge in [-0.3, -0.25) is 0 Å². The van der Waals surface area contributed by atoms with Crippen LogP contribution >= 0.6 is 0 Å². The Labute approximate surface area is 97.8 Å². The second kappa shape index (κ2) is 7.99. The van der Waals surface area contributed by atoms with Crippen LogP contribution in [0.5, 0.6) is 11.5 Å². The van der Waals surface area contributed by atoms with Crippen LogP contribution in [0.15, 0.2) is 24.3 Å². The number of ether oxygens (including phenoxy) is 2. The van der Waals surface area contributed by atoms with E-state index in [0.717, 1.165) is 37.5 Å². The van der Waals surface area contributed by atoms with Crippen molar-refractivity contribution in [3.8, 4) is 11.5 Å². The maximum atomic E-state index is 5.67. The molecule has 16 heavy (non-hydrogen) atoms. The highest BCUT2D eigenvalue weighted by molar-refractivity contribution is 5.39. The smallest absolute Gasteiger partial charge is 0.161 e. The van der Waals surface area contributed by atoms with Gasteiger partial charge in [-0.05, 0) is 38.6 Å². The summed E-state index contributed by atoms with van der Waals surface area (Å²) in [6.45, 7) is 4.51. The lowest BCUT2D eigenvalue weighted by molar-refractivity contribution is 0.265. The summed E-state index contributed by atoms with van der Waals surface area (Å²) in [5.74, 6) is 1.68. The van der Waals surface area contributed by atoms with E-state index in [9.17, 15) is 0 Å². The van der Waals surface area contributed by atoms with Gasteiger partial charge in [-0.25, -0.2) is 0 Å². The van der Waals surface area contributed by atoms with Crippen LogP contribution in [0.2, 0.25) is 0 Å². The lowest BCUT2D eigenvalue weighted by atomic mass is 10.3. The molecular formula is C13H21NO2. The largest absolute Gasteiger partial charge is 0.490 e. The van der Waals surface area contributed by atoms with Crippen molar-refractivity contribution >= 4 is 0 Å². The van der Waals surface area contributed by atoms with Crippen molar-refractivity contribution < 1.29 is 9.47 Å². The van der Waals surface area contributed by atoms with E-state index in [1.54, 1.807) is 0 Å². The number of nitrogens with one attached hydrogen (secondary N) is 1. The average Bonchev–Trinajstić information content (AvgIpc) is 2.33. The first-order chi connectivity index (χ1) is 7.88. The van der Waals surface area contributed by atoms with E-state index in [4.69, 9.17) is 9.47 Å². The molecule has 0 unspecified atom stereocenters. The van der Waals surface area contributed by atoms with E-state index in [1.165, 1.54) is 0 Å². The monoisotopic (exact) mass is 223 g/mol. The van der Waals surface area contributed by atoms with Gasteiger partial charge in [0.1, 0.15) is 0 Å². The highest BCUT2D eigenvalue weighted by Crippen LogP contribution is 2.26. The maximum Gasteiger partial charge on any atom is 0.161 e. The van der Waals surface area contributed by atoms with E-state index < -0.39 is 0 Å². The molecule has 0 fully saturated rings. The summed E-state index contributed by atoms with van der Waals surface area (Å²) in [6, 6.07) is 7.82. The predicted molar refractivity (Wildman–Crippen MR) is 66.3 cm³/mol. The quantitative estimate of drug-likeness (QED) is 0.687. The van der Waals surface area contributed by atoms with Crippen molar-refractivity contribution in [2.45, 2.75) is 19.8 Å². The van der Waals surface area contributed by atoms with Gasteiger partial charge < -0.3 is 14.8 Å². The molecule has 1 N–H and O–H groups in total. The third-order valence-electron chi connectivity index (χ3n) is 2.14. The van der Waals surface area contributed by atoms with Crippen LogP contribution in [0.4, 0.5) is 0 Å². The van der Waals surface area contributed by atoms with Crippen LogP contribution in [0.25, 0.3) is 0 Å². The lowest BCUT2D eigenvalue weighted by Crippen LogP contribution is -2.11. The summed E-state index contributed by atoms with van der Waals surface area (Å²) in [6.07, 6.45) is 2.01. The van der Waals surface area contributed by atoms with Crippen LogP contribution in [0, 0.1) is 0 Å². The first-order valence-corrected chi connectivity index (χ1v) is 5.87. The van der Waals surface area contributed by atoms with Crippen LogP contribution in [0.3, 0.4) is 0 Å². The standard InChI is InChI=1S/C13H21NO2/c1-3-10-15-12-7-4-5-8-13(12)16-11-6-9-14-2/h4-5,7-8,14H,3,6,9-11H2,1-2H3. The molecule has 0 atom stereocenters. The number of hydrogen-bond donors (Lipinski definition) is 1. The molecule has 90 valence electrons. The first-order valence-electron chi connectivity index (χ1n) is 5.87. The molecule has 0 spiro atoms. The highest BCUT2D eigenvalue weighted by atomic mass is 16.5. The van der Waals surface area contributed by atoms with Crippen molar-refractivity contribution in [1.82, 2.24) is 5.32 Å². The second-order valence-electron chi connectivity index (χ2n) is 3.60. The minimum absolute atomic E-state index is 0.716. The number of benzene rings is 1. The molecule has 0 radical (unpaired) electrons. The van der Waals surface area contributed by atoms with Crippen LogP contribution in [0.1, 0.15) is 19.8 Å². The van der Waals surface area contributed by atoms with Gasteiger partial charge in [-0.15, -0.1) is 0 Å². The minimum atomic E-state index is 0.716. The molecule has 1 aromatic carbocycles. The Hall–Kier alpha value is -1.22. The number of para-hydroxylation sites is 2. The molecule has 0 saturated heterocycles. The molecular weight excluding hydrogens is 202 g/mol. The van der Waals surface area contributed by atoms with Crippen molar-refractivity contribution in [1.29, 1.82) is 0 Å². The first kappa shape index (κ1) is 12.8. The van der Waals surface area contributed by atoms with Gasteiger partial charge >= 0.3 is 0 Å². The van der Waals surface area contributed by atoms with Gasteiger partial charge in [0.25, 0.3) is 0 Å². The van der Waals surface area contributed by atoms with E-state index in [1.807, 2.05) is 31.3 Å². The van der Waals surface area contributed by atoms with Crippen molar-refractivity contribution in [3.05, 3.63) is 24.3 Å². The molecule has 3 heteroatoms. The molecule has 0 aromatic heterocycles. The topological polar surface area (TPSA) is 30.5 Å². The van der Waals surface area contributed by atoms with Gasteiger partial charge in [0.15, 0.2) is 11.5 Å². The fraction of sp³-hybridized carbons (Fsp3) is 0.538. The lowest BCUT2D eigenvalue weighted by Gasteiger charge is -2.11. The van der Waals surface area contributed by atoms with Gasteiger partial charge in [0.2, 0.25) is 0 Å². The summed E-state index contributed by atoms with van der Waals surface area (Å²) in [4.78, 5) is 0. The van der Waals surface area contributed by atoms with Crippen LogP contribution in [-0.4, -0.2) is 26.8 Å². The third kappa shape index (κ3) is 4.53. The Morgan fingerprint density at radius 2 is 1.69 bits per heavy atom. The Kier molecular flexibility index (Phi) is 6.42. The van der Waals surface area contributed by atoms with E-state index >= 15 is 0 Å². The summed E-state index contributed by atoms with van der Waals surface area (Å²) in [5, 5.41) is 3.09.